The fraction of sp³-hybridized carbons (Fsp3) is 0.200. The first-order chi connectivity index (χ1) is 8.60. The lowest BCUT2D eigenvalue weighted by atomic mass is 10.4. The van der Waals surface area contributed by atoms with E-state index in [0.29, 0.717) is 5.82 Å². The summed E-state index contributed by atoms with van der Waals surface area (Å²) < 4.78 is 5.30. The number of ether oxygens (including phenoxy) is 1. The number of aromatic amines is 1. The second-order valence-electron chi connectivity index (χ2n) is 3.52. The number of nitrogens with zero attached hydrogens (tertiary/aromatic N) is 3. The van der Waals surface area contributed by atoms with Crippen molar-refractivity contribution in [1.29, 1.82) is 0 Å². The maximum absolute atomic E-state index is 10.9. The van der Waals surface area contributed by atoms with Crippen molar-refractivity contribution in [2.45, 2.75) is 6.92 Å². The van der Waals surface area contributed by atoms with Crippen molar-refractivity contribution in [3.8, 4) is 11.8 Å². The molecular weight excluding hydrogens is 238 g/mol. The molecule has 0 radical (unpaired) electrons. The Kier molecular flexibility index (Phi) is 3.09. The van der Waals surface area contributed by atoms with Crippen molar-refractivity contribution >= 4 is 11.5 Å². The van der Waals surface area contributed by atoms with E-state index in [0.717, 1.165) is 5.69 Å². The van der Waals surface area contributed by atoms with Gasteiger partial charge in [0.1, 0.15) is 5.82 Å². The van der Waals surface area contributed by atoms with Gasteiger partial charge in [0.05, 0.1) is 4.92 Å². The first-order valence-electron chi connectivity index (χ1n) is 5.13. The molecule has 94 valence electrons. The normalized spacial score (nSPS) is 10.1. The van der Waals surface area contributed by atoms with Crippen LogP contribution in [0.1, 0.15) is 5.69 Å². The Balaban J connectivity index is 2.37. The summed E-state index contributed by atoms with van der Waals surface area (Å²) in [5.41, 5.74) is 0.576. The highest BCUT2D eigenvalue weighted by Crippen LogP contribution is 2.29. The predicted molar refractivity (Wildman–Crippen MR) is 63.8 cm³/mol. The van der Waals surface area contributed by atoms with Gasteiger partial charge in [0.25, 0.3) is 0 Å². The molecule has 0 amide bonds. The van der Waals surface area contributed by atoms with E-state index in [4.69, 9.17) is 4.74 Å². The summed E-state index contributed by atoms with van der Waals surface area (Å²) in [5, 5.41) is 20.2. The van der Waals surface area contributed by atoms with Gasteiger partial charge < -0.3 is 10.1 Å². The number of anilines is 1. The topological polar surface area (TPSA) is 106 Å². The molecule has 0 aliphatic heterocycles. The van der Waals surface area contributed by atoms with Gasteiger partial charge in [-0.25, -0.2) is 0 Å². The Labute approximate surface area is 102 Å². The van der Waals surface area contributed by atoms with E-state index >= 15 is 0 Å². The van der Waals surface area contributed by atoms with Crippen LogP contribution in [-0.4, -0.2) is 27.2 Å². The maximum Gasteiger partial charge on any atom is 0.331 e. The van der Waals surface area contributed by atoms with Crippen molar-refractivity contribution in [3.63, 3.8) is 0 Å². The summed E-state index contributed by atoms with van der Waals surface area (Å²) in [6.07, 6.45) is 0. The zero-order valence-corrected chi connectivity index (χ0v) is 9.80. The molecule has 0 saturated carbocycles. The summed E-state index contributed by atoms with van der Waals surface area (Å²) in [6.45, 7) is 1.80. The van der Waals surface area contributed by atoms with Crippen LogP contribution in [0.4, 0.5) is 11.5 Å². The van der Waals surface area contributed by atoms with E-state index in [1.54, 1.807) is 20.0 Å². The third-order valence-corrected chi connectivity index (χ3v) is 2.18. The zero-order valence-electron chi connectivity index (χ0n) is 9.80. The molecule has 2 N–H and O–H groups in total. The molecule has 0 spiro atoms. The molecule has 2 aromatic rings. The van der Waals surface area contributed by atoms with Crippen LogP contribution < -0.4 is 10.1 Å². The number of rotatable bonds is 4. The summed E-state index contributed by atoms with van der Waals surface area (Å²) in [7, 11) is 1.66. The maximum atomic E-state index is 10.9. The molecule has 0 unspecified atom stereocenters. The fourth-order valence-electron chi connectivity index (χ4n) is 1.33. The number of pyridine rings is 1. The molecule has 2 heterocycles. The molecule has 0 bridgehead atoms. The van der Waals surface area contributed by atoms with Gasteiger partial charge in [0, 0.05) is 24.9 Å². The summed E-state index contributed by atoms with van der Waals surface area (Å²) in [5.74, 6) is 0.609. The quantitative estimate of drug-likeness (QED) is 0.632. The Morgan fingerprint density at radius 2 is 2.28 bits per heavy atom. The molecule has 0 aliphatic rings. The number of hydrogen-bond donors (Lipinski definition) is 2. The number of aryl methyl sites for hydroxylation is 1. The average Bonchev–Trinajstić information content (AvgIpc) is 2.74. The van der Waals surface area contributed by atoms with Gasteiger partial charge in [0.15, 0.2) is 0 Å². The van der Waals surface area contributed by atoms with Gasteiger partial charge in [-0.1, -0.05) is 0 Å². The molecule has 0 fully saturated rings. The number of aromatic nitrogens is 3. The van der Waals surface area contributed by atoms with Crippen molar-refractivity contribution < 1.29 is 9.66 Å². The van der Waals surface area contributed by atoms with Crippen LogP contribution in [-0.2, 0) is 0 Å². The second kappa shape index (κ2) is 4.70. The lowest BCUT2D eigenvalue weighted by Gasteiger charge is -2.04. The zero-order chi connectivity index (χ0) is 13.1. The molecule has 18 heavy (non-hydrogen) atoms. The molecule has 8 heteroatoms. The molecule has 0 atom stereocenters. The van der Waals surface area contributed by atoms with Crippen LogP contribution in [0, 0.1) is 17.0 Å². The Bertz CT molecular complexity index is 581. The number of nitrogens with one attached hydrogen (secondary N) is 2. The van der Waals surface area contributed by atoms with Crippen LogP contribution in [0.3, 0.4) is 0 Å². The van der Waals surface area contributed by atoms with E-state index in [2.05, 4.69) is 20.5 Å². The van der Waals surface area contributed by atoms with Crippen LogP contribution in [0.2, 0.25) is 0 Å². The summed E-state index contributed by atoms with van der Waals surface area (Å²) in [6, 6.07) is 4.45. The van der Waals surface area contributed by atoms with Gasteiger partial charge in [-0.05, 0) is 13.0 Å². The highest BCUT2D eigenvalue weighted by molar-refractivity contribution is 5.49. The smallest absolute Gasteiger partial charge is 0.331 e. The standard InChI is InChI=1S/C10H11N5O3/c1-6-5-9(14-13-6)18-10-7(15(16)17)3-4-8(11-2)12-10/h3-5H,1-2H3,(H,11,12)(H,13,14). The van der Waals surface area contributed by atoms with E-state index in [1.165, 1.54) is 12.1 Å². The van der Waals surface area contributed by atoms with Crippen LogP contribution in [0.15, 0.2) is 18.2 Å². The first-order valence-corrected chi connectivity index (χ1v) is 5.13. The third-order valence-electron chi connectivity index (χ3n) is 2.18. The minimum absolute atomic E-state index is 0.0987. The van der Waals surface area contributed by atoms with Crippen LogP contribution >= 0.6 is 0 Å². The van der Waals surface area contributed by atoms with Crippen LogP contribution in [0.5, 0.6) is 11.8 Å². The SMILES string of the molecule is CNc1ccc([N+](=O)[O-])c(Oc2cc(C)[nH]n2)n1. The van der Waals surface area contributed by atoms with Crippen molar-refractivity contribution in [2.75, 3.05) is 12.4 Å². The third kappa shape index (κ3) is 2.37. The summed E-state index contributed by atoms with van der Waals surface area (Å²) >= 11 is 0. The van der Waals surface area contributed by atoms with Gasteiger partial charge in [-0.2, -0.15) is 4.98 Å². The van der Waals surface area contributed by atoms with E-state index in [1.807, 2.05) is 0 Å². The molecule has 8 nitrogen and oxygen atoms in total. The van der Waals surface area contributed by atoms with E-state index < -0.39 is 4.92 Å². The molecule has 0 saturated heterocycles. The predicted octanol–water partition coefficient (Wildman–Crippen LogP) is 1.86. The monoisotopic (exact) mass is 249 g/mol. The van der Waals surface area contributed by atoms with Crippen molar-refractivity contribution in [2.24, 2.45) is 0 Å². The Hall–Kier alpha value is -2.64. The number of nitro groups is 1. The first kappa shape index (κ1) is 11.8. The minimum Gasteiger partial charge on any atom is -0.413 e. The van der Waals surface area contributed by atoms with Gasteiger partial charge >= 0.3 is 11.6 Å². The molecule has 2 aromatic heterocycles. The van der Waals surface area contributed by atoms with E-state index in [9.17, 15) is 10.1 Å². The molecule has 0 aromatic carbocycles. The highest BCUT2D eigenvalue weighted by Gasteiger charge is 2.19. The molecule has 2 rings (SSSR count). The van der Waals surface area contributed by atoms with Gasteiger partial charge in [-0.15, -0.1) is 5.10 Å². The lowest BCUT2D eigenvalue weighted by molar-refractivity contribution is -0.386. The lowest BCUT2D eigenvalue weighted by Crippen LogP contribution is -1.99. The number of hydrogen-bond acceptors (Lipinski definition) is 6. The number of H-pyrrole nitrogens is 1. The van der Waals surface area contributed by atoms with Crippen molar-refractivity contribution in [1.82, 2.24) is 15.2 Å². The average molecular weight is 249 g/mol. The van der Waals surface area contributed by atoms with Crippen LogP contribution in [0.25, 0.3) is 0 Å². The second-order valence-corrected chi connectivity index (χ2v) is 3.52. The largest absolute Gasteiger partial charge is 0.413 e. The molecule has 0 aliphatic carbocycles. The van der Waals surface area contributed by atoms with Gasteiger partial charge in [0.2, 0.25) is 5.88 Å². The Morgan fingerprint density at radius 1 is 1.50 bits per heavy atom. The highest BCUT2D eigenvalue weighted by atomic mass is 16.6. The summed E-state index contributed by atoms with van der Waals surface area (Å²) in [4.78, 5) is 14.3. The fourth-order valence-corrected chi connectivity index (χ4v) is 1.33. The Morgan fingerprint density at radius 3 is 2.83 bits per heavy atom. The van der Waals surface area contributed by atoms with Crippen molar-refractivity contribution in [3.05, 3.63) is 34.0 Å². The van der Waals surface area contributed by atoms with E-state index in [-0.39, 0.29) is 17.4 Å². The minimum atomic E-state index is -0.554. The van der Waals surface area contributed by atoms with Gasteiger partial charge in [-0.3, -0.25) is 15.2 Å². The molecular formula is C10H11N5O3.